The molecule has 4 rings (SSSR count). The summed E-state index contributed by atoms with van der Waals surface area (Å²) in [5.41, 5.74) is 8.96. The Morgan fingerprint density at radius 1 is 0.939 bits per heavy atom. The van der Waals surface area contributed by atoms with Gasteiger partial charge in [0.05, 0.1) is 22.7 Å². The lowest BCUT2D eigenvalue weighted by atomic mass is 10.1. The summed E-state index contributed by atoms with van der Waals surface area (Å²) in [5, 5.41) is 5.56. The minimum atomic E-state index is -1.21. The Hall–Kier alpha value is -3.15. The molecule has 4 nitrogen and oxygen atoms in total. The van der Waals surface area contributed by atoms with Gasteiger partial charge in [0.2, 0.25) is 0 Å². The smallest absolute Gasteiger partial charge is 0.120 e. The number of benzene rings is 4. The molecule has 5 heteroatoms. The van der Waals surface area contributed by atoms with E-state index < -0.39 is 10.8 Å². The van der Waals surface area contributed by atoms with E-state index in [1.807, 2.05) is 66.7 Å². The molecule has 0 bridgehead atoms. The van der Waals surface area contributed by atoms with Crippen LogP contribution >= 0.6 is 0 Å². The van der Waals surface area contributed by atoms with Crippen molar-refractivity contribution in [2.45, 2.75) is 36.6 Å². The summed E-state index contributed by atoms with van der Waals surface area (Å²) in [5.74, 6) is 1.11. The van der Waals surface area contributed by atoms with Crippen molar-refractivity contribution in [1.82, 2.24) is 5.32 Å². The standard InChI is InChI=1S/C28H30N2O2S/c1-21(16-17-30-19-22-8-3-2-4-9-22)32-25-14-15-27(29)24(18-25)20-33(31)28-13-7-11-23-10-5-6-12-26(23)28/h2-15,18,21,30H,16-17,19-20,29H2,1H3. The maximum atomic E-state index is 13.2. The second-order valence-corrected chi connectivity index (χ2v) is 9.63. The highest BCUT2D eigenvalue weighted by molar-refractivity contribution is 7.84. The van der Waals surface area contributed by atoms with E-state index in [0.717, 1.165) is 46.5 Å². The molecule has 0 saturated carbocycles. The molecule has 2 atom stereocenters. The van der Waals surface area contributed by atoms with E-state index in [1.165, 1.54) is 5.56 Å². The van der Waals surface area contributed by atoms with Crippen molar-refractivity contribution in [3.63, 3.8) is 0 Å². The Morgan fingerprint density at radius 3 is 2.55 bits per heavy atom. The minimum absolute atomic E-state index is 0.0494. The van der Waals surface area contributed by atoms with Crippen LogP contribution in [0.15, 0.2) is 95.9 Å². The zero-order valence-corrected chi connectivity index (χ0v) is 19.7. The van der Waals surface area contributed by atoms with Gasteiger partial charge in [-0.1, -0.05) is 66.7 Å². The Morgan fingerprint density at radius 2 is 1.70 bits per heavy atom. The van der Waals surface area contributed by atoms with Gasteiger partial charge in [-0.3, -0.25) is 4.21 Å². The first-order chi connectivity index (χ1) is 16.1. The number of anilines is 1. The summed E-state index contributed by atoms with van der Waals surface area (Å²) in [7, 11) is -1.21. The number of hydrogen-bond donors (Lipinski definition) is 2. The average Bonchev–Trinajstić information content (AvgIpc) is 2.84. The van der Waals surface area contributed by atoms with Gasteiger partial charge in [-0.05, 0) is 66.1 Å². The number of rotatable bonds is 10. The molecule has 4 aromatic carbocycles. The van der Waals surface area contributed by atoms with Gasteiger partial charge < -0.3 is 15.8 Å². The van der Waals surface area contributed by atoms with Crippen LogP contribution in [0.25, 0.3) is 10.8 Å². The highest BCUT2D eigenvalue weighted by Crippen LogP contribution is 2.27. The van der Waals surface area contributed by atoms with Crippen molar-refractivity contribution in [3.05, 3.63) is 102 Å². The number of nitrogens with one attached hydrogen (secondary N) is 1. The fourth-order valence-electron chi connectivity index (χ4n) is 3.82. The Labute approximate surface area is 198 Å². The monoisotopic (exact) mass is 458 g/mol. The number of nitrogens with two attached hydrogens (primary N) is 1. The van der Waals surface area contributed by atoms with Gasteiger partial charge in [0, 0.05) is 17.1 Å². The van der Waals surface area contributed by atoms with Crippen LogP contribution in [0.2, 0.25) is 0 Å². The molecule has 0 saturated heterocycles. The molecule has 0 aliphatic heterocycles. The Balaban J connectivity index is 1.35. The molecule has 0 spiro atoms. The number of ether oxygens (including phenoxy) is 1. The van der Waals surface area contributed by atoms with Crippen molar-refractivity contribution in [2.75, 3.05) is 12.3 Å². The van der Waals surface area contributed by atoms with Crippen LogP contribution in [0.4, 0.5) is 5.69 Å². The van der Waals surface area contributed by atoms with Crippen molar-refractivity contribution in [3.8, 4) is 5.75 Å². The van der Waals surface area contributed by atoms with Gasteiger partial charge >= 0.3 is 0 Å². The Kier molecular flexibility index (Phi) is 7.76. The summed E-state index contributed by atoms with van der Waals surface area (Å²) < 4.78 is 19.3. The summed E-state index contributed by atoms with van der Waals surface area (Å²) >= 11 is 0. The second-order valence-electron chi connectivity index (χ2n) is 8.21. The summed E-state index contributed by atoms with van der Waals surface area (Å²) in [4.78, 5) is 0.830. The van der Waals surface area contributed by atoms with Crippen molar-refractivity contribution >= 4 is 27.3 Å². The third kappa shape index (κ3) is 6.21. The van der Waals surface area contributed by atoms with E-state index in [0.29, 0.717) is 11.4 Å². The predicted octanol–water partition coefficient (Wildman–Crippen LogP) is 5.68. The SMILES string of the molecule is CC(CCNCc1ccccc1)Oc1ccc(N)c(CS(=O)c2cccc3ccccc23)c1. The molecule has 170 valence electrons. The zero-order chi connectivity index (χ0) is 23.0. The van der Waals surface area contributed by atoms with Crippen LogP contribution in [0.3, 0.4) is 0 Å². The number of fused-ring (bicyclic) bond motifs is 1. The van der Waals surface area contributed by atoms with Crippen molar-refractivity contribution in [2.24, 2.45) is 0 Å². The van der Waals surface area contributed by atoms with Gasteiger partial charge in [-0.2, -0.15) is 0 Å². The highest BCUT2D eigenvalue weighted by atomic mass is 32.2. The van der Waals surface area contributed by atoms with Gasteiger partial charge in [0.15, 0.2) is 0 Å². The maximum absolute atomic E-state index is 13.2. The average molecular weight is 459 g/mol. The second kappa shape index (κ2) is 11.1. The molecule has 4 aromatic rings. The van der Waals surface area contributed by atoms with Crippen LogP contribution in [-0.4, -0.2) is 16.9 Å². The third-order valence-corrected chi connectivity index (χ3v) is 7.05. The van der Waals surface area contributed by atoms with Gasteiger partial charge in [0.25, 0.3) is 0 Å². The third-order valence-electron chi connectivity index (χ3n) is 5.63. The lowest BCUT2D eigenvalue weighted by molar-refractivity contribution is 0.209. The summed E-state index contributed by atoms with van der Waals surface area (Å²) in [6.07, 6.45) is 0.933. The molecule has 33 heavy (non-hydrogen) atoms. The van der Waals surface area contributed by atoms with Gasteiger partial charge in [0.1, 0.15) is 5.75 Å². The molecule has 0 heterocycles. The van der Waals surface area contributed by atoms with E-state index in [-0.39, 0.29) is 6.10 Å². The van der Waals surface area contributed by atoms with Crippen LogP contribution in [0, 0.1) is 0 Å². The maximum Gasteiger partial charge on any atom is 0.120 e. The number of hydrogen-bond acceptors (Lipinski definition) is 4. The van der Waals surface area contributed by atoms with Crippen molar-refractivity contribution in [1.29, 1.82) is 0 Å². The first kappa shape index (κ1) is 23.0. The van der Waals surface area contributed by atoms with E-state index >= 15 is 0 Å². The molecular formula is C28H30N2O2S. The first-order valence-electron chi connectivity index (χ1n) is 11.3. The van der Waals surface area contributed by atoms with E-state index in [2.05, 4.69) is 36.5 Å². The van der Waals surface area contributed by atoms with Crippen LogP contribution in [-0.2, 0) is 23.1 Å². The largest absolute Gasteiger partial charge is 0.491 e. The van der Waals surface area contributed by atoms with E-state index in [4.69, 9.17) is 10.5 Å². The normalized spacial score (nSPS) is 13.0. The van der Waals surface area contributed by atoms with Crippen LogP contribution < -0.4 is 15.8 Å². The lowest BCUT2D eigenvalue weighted by Gasteiger charge is -2.17. The van der Waals surface area contributed by atoms with E-state index in [1.54, 1.807) is 0 Å². The molecule has 0 aliphatic carbocycles. The molecule has 3 N–H and O–H groups in total. The molecule has 0 radical (unpaired) electrons. The summed E-state index contributed by atoms with van der Waals surface area (Å²) in [6, 6.07) is 29.9. The molecule has 0 fully saturated rings. The quantitative estimate of drug-likeness (QED) is 0.237. The van der Waals surface area contributed by atoms with Gasteiger partial charge in [-0.15, -0.1) is 0 Å². The minimum Gasteiger partial charge on any atom is -0.491 e. The van der Waals surface area contributed by atoms with E-state index in [9.17, 15) is 4.21 Å². The molecule has 0 aliphatic rings. The van der Waals surface area contributed by atoms with Crippen LogP contribution in [0.1, 0.15) is 24.5 Å². The lowest BCUT2D eigenvalue weighted by Crippen LogP contribution is -2.22. The first-order valence-corrected chi connectivity index (χ1v) is 12.6. The van der Waals surface area contributed by atoms with Crippen LogP contribution in [0.5, 0.6) is 5.75 Å². The highest BCUT2D eigenvalue weighted by Gasteiger charge is 2.13. The summed E-state index contributed by atoms with van der Waals surface area (Å²) in [6.45, 7) is 3.77. The molecule has 2 unspecified atom stereocenters. The number of nitrogen functional groups attached to an aromatic ring is 1. The molecule has 0 amide bonds. The predicted molar refractivity (Wildman–Crippen MR) is 138 cm³/mol. The fraction of sp³-hybridized carbons (Fsp3) is 0.214. The Bertz CT molecular complexity index is 1220. The fourth-order valence-corrected chi connectivity index (χ4v) is 5.17. The molecular weight excluding hydrogens is 428 g/mol. The van der Waals surface area contributed by atoms with Gasteiger partial charge in [-0.25, -0.2) is 0 Å². The van der Waals surface area contributed by atoms with Crippen molar-refractivity contribution < 1.29 is 8.95 Å². The topological polar surface area (TPSA) is 64.3 Å². The molecule has 0 aromatic heterocycles. The zero-order valence-electron chi connectivity index (χ0n) is 18.9.